The summed E-state index contributed by atoms with van der Waals surface area (Å²) in [6, 6.07) is 6.22. The van der Waals surface area contributed by atoms with Crippen LogP contribution in [0.4, 0.5) is 13.2 Å². The van der Waals surface area contributed by atoms with Crippen LogP contribution >= 0.6 is 0 Å². The largest absolute Gasteiger partial charge is 0.472 e. The van der Waals surface area contributed by atoms with E-state index in [1.54, 1.807) is 13.0 Å². The summed E-state index contributed by atoms with van der Waals surface area (Å²) in [7, 11) is 0. The third kappa shape index (κ3) is 4.75. The van der Waals surface area contributed by atoms with Crippen molar-refractivity contribution < 1.29 is 22.7 Å². The zero-order valence-corrected chi connectivity index (χ0v) is 15.1. The van der Waals surface area contributed by atoms with Crippen LogP contribution in [0.1, 0.15) is 40.3 Å². The Labute approximate surface area is 155 Å². The molecule has 1 saturated heterocycles. The van der Waals surface area contributed by atoms with E-state index in [9.17, 15) is 18.0 Å². The maximum absolute atomic E-state index is 12.9. The minimum atomic E-state index is -4.48. The summed E-state index contributed by atoms with van der Waals surface area (Å²) >= 11 is 0. The zero-order chi connectivity index (χ0) is 19.6. The molecular weight excluding hydrogens is 359 g/mol. The number of aryl methyl sites for hydroxylation is 2. The van der Waals surface area contributed by atoms with Crippen molar-refractivity contribution in [3.05, 3.63) is 53.0 Å². The van der Waals surface area contributed by atoms with Crippen molar-refractivity contribution in [2.45, 2.75) is 39.0 Å². The number of aromatic nitrogens is 2. The predicted molar refractivity (Wildman–Crippen MR) is 92.5 cm³/mol. The van der Waals surface area contributed by atoms with Gasteiger partial charge in [0.1, 0.15) is 11.9 Å². The van der Waals surface area contributed by atoms with Gasteiger partial charge in [-0.15, -0.1) is 0 Å². The minimum absolute atomic E-state index is 0.0270. The second kappa shape index (κ2) is 7.54. The third-order valence-electron chi connectivity index (χ3n) is 4.33. The van der Waals surface area contributed by atoms with E-state index in [1.165, 1.54) is 17.0 Å². The normalized spacial score (nSPS) is 17.7. The Balaban J connectivity index is 1.71. The highest BCUT2D eigenvalue weighted by molar-refractivity contribution is 5.94. The average molecular weight is 379 g/mol. The number of halogens is 3. The molecule has 2 heterocycles. The Morgan fingerprint density at radius 1 is 1.22 bits per heavy atom. The molecule has 1 atom stereocenters. The first-order chi connectivity index (χ1) is 12.7. The summed E-state index contributed by atoms with van der Waals surface area (Å²) in [4.78, 5) is 22.6. The predicted octanol–water partition coefficient (Wildman–Crippen LogP) is 3.80. The van der Waals surface area contributed by atoms with Crippen LogP contribution in [0.3, 0.4) is 0 Å². The fourth-order valence-electron chi connectivity index (χ4n) is 3.14. The van der Waals surface area contributed by atoms with Crippen molar-refractivity contribution in [2.24, 2.45) is 0 Å². The molecule has 1 aromatic heterocycles. The first-order valence-corrected chi connectivity index (χ1v) is 8.68. The Bertz CT molecular complexity index is 819. The molecule has 0 N–H and O–H groups in total. The summed E-state index contributed by atoms with van der Waals surface area (Å²) in [5.41, 5.74) is -0.0190. The monoisotopic (exact) mass is 379 g/mol. The van der Waals surface area contributed by atoms with Crippen LogP contribution in [0.5, 0.6) is 5.88 Å². The molecule has 1 unspecified atom stereocenters. The van der Waals surface area contributed by atoms with Gasteiger partial charge >= 0.3 is 6.18 Å². The second-order valence-corrected chi connectivity index (χ2v) is 6.61. The molecule has 8 heteroatoms. The highest BCUT2D eigenvalue weighted by atomic mass is 19.4. The topological polar surface area (TPSA) is 55.3 Å². The number of ether oxygens (including phenoxy) is 1. The molecule has 144 valence electrons. The first kappa shape index (κ1) is 19.1. The van der Waals surface area contributed by atoms with E-state index in [1.807, 2.05) is 6.92 Å². The summed E-state index contributed by atoms with van der Waals surface area (Å²) in [5.74, 6) is 0.612. The van der Waals surface area contributed by atoms with Crippen molar-refractivity contribution in [1.82, 2.24) is 14.9 Å². The van der Waals surface area contributed by atoms with E-state index in [0.29, 0.717) is 31.2 Å². The van der Waals surface area contributed by atoms with Crippen LogP contribution in [0.25, 0.3) is 0 Å². The van der Waals surface area contributed by atoms with Gasteiger partial charge in [0.15, 0.2) is 0 Å². The van der Waals surface area contributed by atoms with Crippen LogP contribution in [0.15, 0.2) is 30.3 Å². The minimum Gasteiger partial charge on any atom is -0.472 e. The summed E-state index contributed by atoms with van der Waals surface area (Å²) in [6.07, 6.45) is -3.29. The quantitative estimate of drug-likeness (QED) is 0.814. The van der Waals surface area contributed by atoms with Crippen molar-refractivity contribution in [2.75, 3.05) is 13.1 Å². The Kier molecular flexibility index (Phi) is 5.34. The third-order valence-corrected chi connectivity index (χ3v) is 4.33. The molecular formula is C19H20F3N3O2. The molecule has 0 saturated carbocycles. The van der Waals surface area contributed by atoms with Gasteiger partial charge in [-0.25, -0.2) is 4.98 Å². The molecule has 0 radical (unpaired) electrons. The lowest BCUT2D eigenvalue weighted by Gasteiger charge is -2.32. The summed E-state index contributed by atoms with van der Waals surface area (Å²) in [5, 5.41) is 0. The van der Waals surface area contributed by atoms with Gasteiger partial charge < -0.3 is 9.64 Å². The first-order valence-electron chi connectivity index (χ1n) is 8.68. The lowest BCUT2D eigenvalue weighted by molar-refractivity contribution is -0.137. The van der Waals surface area contributed by atoms with Gasteiger partial charge in [0.05, 0.1) is 12.1 Å². The van der Waals surface area contributed by atoms with E-state index in [-0.39, 0.29) is 11.7 Å². The number of nitrogens with zero attached hydrogens (tertiary/aromatic N) is 3. The van der Waals surface area contributed by atoms with Crippen molar-refractivity contribution >= 4 is 5.91 Å². The molecule has 0 spiro atoms. The number of rotatable bonds is 3. The van der Waals surface area contributed by atoms with Gasteiger partial charge in [0.25, 0.3) is 5.91 Å². The van der Waals surface area contributed by atoms with Crippen LogP contribution in [-0.2, 0) is 6.18 Å². The smallest absolute Gasteiger partial charge is 0.416 e. The fourth-order valence-corrected chi connectivity index (χ4v) is 3.14. The fraction of sp³-hybridized carbons (Fsp3) is 0.421. The standard InChI is InChI=1S/C19H20F3N3O2/c1-12-9-17(24-13(2)23-12)27-16-7-4-8-25(11-16)18(26)14-5-3-6-15(10-14)19(20,21)22/h3,5-6,9-10,16H,4,7-8,11H2,1-2H3. The number of piperidine rings is 1. The van der Waals surface area contributed by atoms with Crippen LogP contribution in [0.2, 0.25) is 0 Å². The van der Waals surface area contributed by atoms with Gasteiger partial charge in [-0.2, -0.15) is 18.2 Å². The zero-order valence-electron chi connectivity index (χ0n) is 15.1. The van der Waals surface area contributed by atoms with E-state index >= 15 is 0 Å². The van der Waals surface area contributed by atoms with Gasteiger partial charge in [-0.3, -0.25) is 4.79 Å². The molecule has 1 fully saturated rings. The summed E-state index contributed by atoms with van der Waals surface area (Å²) < 4.78 is 44.5. The number of likely N-dealkylation sites (tertiary alicyclic amines) is 1. The Morgan fingerprint density at radius 3 is 2.70 bits per heavy atom. The van der Waals surface area contributed by atoms with E-state index in [4.69, 9.17) is 4.74 Å². The number of carbonyl (C=O) groups is 1. The van der Waals surface area contributed by atoms with Crippen molar-refractivity contribution in [3.8, 4) is 5.88 Å². The number of alkyl halides is 3. The number of amides is 1. The summed E-state index contributed by atoms with van der Waals surface area (Å²) in [6.45, 7) is 4.39. The van der Waals surface area contributed by atoms with Crippen molar-refractivity contribution in [3.63, 3.8) is 0 Å². The molecule has 2 aromatic rings. The van der Waals surface area contributed by atoms with Crippen molar-refractivity contribution in [1.29, 1.82) is 0 Å². The highest BCUT2D eigenvalue weighted by Gasteiger charge is 2.32. The number of hydrogen-bond acceptors (Lipinski definition) is 4. The number of benzene rings is 1. The number of carbonyl (C=O) groups excluding carboxylic acids is 1. The molecule has 3 rings (SSSR count). The maximum atomic E-state index is 12.9. The van der Waals surface area contributed by atoms with Crippen LogP contribution in [0, 0.1) is 13.8 Å². The molecule has 0 bridgehead atoms. The lowest BCUT2D eigenvalue weighted by atomic mass is 10.1. The maximum Gasteiger partial charge on any atom is 0.416 e. The van der Waals surface area contributed by atoms with E-state index in [0.717, 1.165) is 24.2 Å². The Hall–Kier alpha value is -2.64. The van der Waals surface area contributed by atoms with Gasteiger partial charge in [-0.1, -0.05) is 6.07 Å². The molecule has 1 aliphatic rings. The SMILES string of the molecule is Cc1cc(OC2CCCN(C(=O)c3cccc(C(F)(F)F)c3)C2)nc(C)n1. The van der Waals surface area contributed by atoms with E-state index < -0.39 is 17.6 Å². The molecule has 27 heavy (non-hydrogen) atoms. The number of hydrogen-bond donors (Lipinski definition) is 0. The molecule has 1 aliphatic heterocycles. The van der Waals surface area contributed by atoms with Crippen LogP contribution < -0.4 is 4.74 Å². The molecule has 5 nitrogen and oxygen atoms in total. The lowest BCUT2D eigenvalue weighted by Crippen LogP contribution is -2.44. The van der Waals surface area contributed by atoms with Gasteiger partial charge in [-0.05, 0) is 44.9 Å². The molecule has 1 aromatic carbocycles. The van der Waals surface area contributed by atoms with Gasteiger partial charge in [0.2, 0.25) is 5.88 Å². The van der Waals surface area contributed by atoms with Gasteiger partial charge in [0, 0.05) is 23.9 Å². The second-order valence-electron chi connectivity index (χ2n) is 6.61. The molecule has 0 aliphatic carbocycles. The van der Waals surface area contributed by atoms with E-state index in [2.05, 4.69) is 9.97 Å². The molecule has 1 amide bonds. The van der Waals surface area contributed by atoms with Crippen LogP contribution in [-0.4, -0.2) is 40.0 Å². The highest BCUT2D eigenvalue weighted by Crippen LogP contribution is 2.30. The Morgan fingerprint density at radius 2 is 2.00 bits per heavy atom. The average Bonchev–Trinajstić information content (AvgIpc) is 2.60.